The van der Waals surface area contributed by atoms with Crippen LogP contribution in [-0.4, -0.2) is 64.8 Å². The van der Waals surface area contributed by atoms with Crippen LogP contribution in [0.5, 0.6) is 5.88 Å². The maximum Gasteiger partial charge on any atom is 0.263 e. The minimum atomic E-state index is -3.62. The summed E-state index contributed by atoms with van der Waals surface area (Å²) < 4.78 is 41.0. The molecule has 4 heterocycles. The van der Waals surface area contributed by atoms with Crippen molar-refractivity contribution in [2.24, 2.45) is 7.05 Å². The van der Waals surface area contributed by atoms with Crippen molar-refractivity contribution < 1.29 is 22.7 Å². The number of fused-ring (bicyclic) bond motifs is 3. The third-order valence-corrected chi connectivity index (χ3v) is 10.9. The summed E-state index contributed by atoms with van der Waals surface area (Å²) >= 11 is 0. The molecule has 2 aromatic heterocycles. The van der Waals surface area contributed by atoms with Crippen molar-refractivity contribution in [2.75, 3.05) is 19.8 Å². The van der Waals surface area contributed by atoms with Crippen LogP contribution in [0.25, 0.3) is 10.9 Å². The van der Waals surface area contributed by atoms with Gasteiger partial charge in [0.25, 0.3) is 11.5 Å². The van der Waals surface area contributed by atoms with Gasteiger partial charge in [-0.05, 0) is 55.5 Å². The van der Waals surface area contributed by atoms with Gasteiger partial charge in [0, 0.05) is 37.3 Å². The smallest absolute Gasteiger partial charge is 0.263 e. The summed E-state index contributed by atoms with van der Waals surface area (Å²) in [6.45, 7) is 0.962. The van der Waals surface area contributed by atoms with Crippen LogP contribution in [-0.2, 0) is 28.4 Å². The van der Waals surface area contributed by atoms with E-state index in [1.807, 2.05) is 6.07 Å². The van der Waals surface area contributed by atoms with E-state index in [1.165, 1.54) is 23.9 Å². The number of aromatic nitrogens is 2. The zero-order chi connectivity index (χ0) is 28.1. The highest BCUT2D eigenvalue weighted by Gasteiger charge is 2.61. The van der Waals surface area contributed by atoms with Crippen LogP contribution < -0.4 is 15.6 Å². The summed E-state index contributed by atoms with van der Waals surface area (Å²) in [6, 6.07) is 11.8. The third kappa shape index (κ3) is 4.44. The number of amides is 1. The van der Waals surface area contributed by atoms with Gasteiger partial charge in [-0.25, -0.2) is 13.4 Å². The molecule has 1 aliphatic carbocycles. The fraction of sp³-hybridized carbons (Fsp3) is 0.429. The summed E-state index contributed by atoms with van der Waals surface area (Å²) in [5.41, 5.74) is 1.13. The highest BCUT2D eigenvalue weighted by Crippen LogP contribution is 2.49. The Morgan fingerprint density at radius 1 is 1.20 bits per heavy atom. The first-order valence-corrected chi connectivity index (χ1v) is 14.7. The van der Waals surface area contributed by atoms with E-state index in [0.717, 1.165) is 18.4 Å². The summed E-state index contributed by atoms with van der Waals surface area (Å²) in [7, 11) is -2.08. The van der Waals surface area contributed by atoms with Crippen molar-refractivity contribution >= 4 is 26.8 Å². The molecule has 3 fully saturated rings. The molecule has 2 unspecified atom stereocenters. The van der Waals surface area contributed by atoms with Crippen molar-refractivity contribution in [1.82, 2.24) is 19.2 Å². The second kappa shape index (κ2) is 9.99. The monoisotopic (exact) mass is 563 g/mol. The minimum absolute atomic E-state index is 0.0372. The maximum absolute atomic E-state index is 13.7. The number of benzene rings is 1. The van der Waals surface area contributed by atoms with E-state index in [9.17, 15) is 18.0 Å². The predicted molar refractivity (Wildman–Crippen MR) is 145 cm³/mol. The molecule has 2 aliphatic heterocycles. The Kier molecular flexibility index (Phi) is 6.60. The van der Waals surface area contributed by atoms with Crippen LogP contribution in [0, 0.1) is 11.3 Å². The van der Waals surface area contributed by atoms with Gasteiger partial charge < -0.3 is 19.4 Å². The first-order valence-electron chi connectivity index (χ1n) is 13.2. The van der Waals surface area contributed by atoms with Gasteiger partial charge in [-0.2, -0.15) is 9.57 Å². The van der Waals surface area contributed by atoms with Crippen molar-refractivity contribution in [1.29, 1.82) is 5.26 Å². The molecule has 1 aromatic carbocycles. The molecule has 11 nitrogen and oxygen atoms in total. The molecule has 3 aromatic rings. The van der Waals surface area contributed by atoms with E-state index in [1.54, 1.807) is 34.6 Å². The number of nitrogens with one attached hydrogen (secondary N) is 1. The summed E-state index contributed by atoms with van der Waals surface area (Å²) in [6.07, 6.45) is 4.12. The predicted octanol–water partition coefficient (Wildman–Crippen LogP) is 1.84. The highest BCUT2D eigenvalue weighted by atomic mass is 32.2. The van der Waals surface area contributed by atoms with Crippen molar-refractivity contribution in [2.45, 2.75) is 49.1 Å². The minimum Gasteiger partial charge on any atom is -0.474 e. The quantitative estimate of drug-likeness (QED) is 0.437. The number of hydrogen-bond donors (Lipinski definition) is 1. The van der Waals surface area contributed by atoms with Crippen molar-refractivity contribution in [3.8, 4) is 11.9 Å². The summed E-state index contributed by atoms with van der Waals surface area (Å²) in [5.74, 6) is -0.387. The lowest BCUT2D eigenvalue weighted by Gasteiger charge is -2.36. The normalized spacial score (nSPS) is 21.6. The molecule has 3 aliphatic rings. The van der Waals surface area contributed by atoms with Crippen LogP contribution in [0.4, 0.5) is 0 Å². The molecule has 2 saturated heterocycles. The molecular formula is C28H29N5O6S. The number of carbonyl (C=O) groups excluding carboxylic acids is 1. The van der Waals surface area contributed by atoms with Gasteiger partial charge in [0.2, 0.25) is 15.9 Å². The molecule has 2 atom stereocenters. The van der Waals surface area contributed by atoms with Gasteiger partial charge in [-0.15, -0.1) is 0 Å². The number of nitrogens with zero attached hydrogens (tertiary/aromatic N) is 4. The Morgan fingerprint density at radius 2 is 1.90 bits per heavy atom. The average molecular weight is 564 g/mol. The lowest BCUT2D eigenvalue weighted by Crippen LogP contribution is -2.54. The van der Waals surface area contributed by atoms with E-state index in [0.29, 0.717) is 42.5 Å². The van der Waals surface area contributed by atoms with Gasteiger partial charge in [0.05, 0.1) is 24.8 Å². The van der Waals surface area contributed by atoms with E-state index < -0.39 is 26.2 Å². The largest absolute Gasteiger partial charge is 0.474 e. The lowest BCUT2D eigenvalue weighted by atomic mass is 10.1. The van der Waals surface area contributed by atoms with E-state index in [2.05, 4.69) is 10.3 Å². The van der Waals surface area contributed by atoms with Gasteiger partial charge in [-0.1, -0.05) is 12.1 Å². The SMILES string of the molecule is Cn1c(=O)c(C(=O)NCc2ccc(C#N)cc2)cc2ccnc(OCC3(S(=O)(=O)N4C5CCC4COC5)CC3)c21. The van der Waals surface area contributed by atoms with Crippen LogP contribution in [0.3, 0.4) is 0 Å². The molecule has 1 saturated carbocycles. The van der Waals surface area contributed by atoms with Gasteiger partial charge in [0.15, 0.2) is 0 Å². The molecule has 1 N–H and O–H groups in total. The molecule has 40 heavy (non-hydrogen) atoms. The van der Waals surface area contributed by atoms with Gasteiger partial charge in [-0.3, -0.25) is 9.59 Å². The summed E-state index contributed by atoms with van der Waals surface area (Å²) in [5, 5.41) is 12.3. The molecule has 1 amide bonds. The second-order valence-electron chi connectivity index (χ2n) is 10.7. The standard InChI is InChI=1S/C28H29N5O6S/c1-32-24-20(12-23(27(32)35)25(34)31-14-19-4-2-18(13-29)3-5-19)8-11-30-26(24)39-17-28(9-10-28)40(36,37)33-21-6-7-22(33)16-38-15-21/h2-5,8,11-12,21-22H,6-7,9-10,14-17H2,1H3,(H,31,34). The summed E-state index contributed by atoms with van der Waals surface area (Å²) in [4.78, 5) is 30.4. The number of carbonyl (C=O) groups is 1. The maximum atomic E-state index is 13.7. The molecule has 12 heteroatoms. The Morgan fingerprint density at radius 3 is 2.55 bits per heavy atom. The van der Waals surface area contributed by atoms with Gasteiger partial charge in [0.1, 0.15) is 22.4 Å². The van der Waals surface area contributed by atoms with Crippen molar-refractivity contribution in [3.05, 3.63) is 69.6 Å². The highest BCUT2D eigenvalue weighted by molar-refractivity contribution is 7.90. The Bertz CT molecular complexity index is 1680. The van der Waals surface area contributed by atoms with Crippen LogP contribution in [0.15, 0.2) is 47.4 Å². The molecule has 0 spiro atoms. The fourth-order valence-corrected chi connectivity index (χ4v) is 8.06. The zero-order valence-electron chi connectivity index (χ0n) is 22.0. The second-order valence-corrected chi connectivity index (χ2v) is 12.9. The van der Waals surface area contributed by atoms with E-state index in [-0.39, 0.29) is 36.7 Å². The average Bonchev–Trinajstić information content (AvgIpc) is 3.72. The number of nitriles is 1. The Balaban J connectivity index is 1.21. The molecule has 2 bridgehead atoms. The lowest BCUT2D eigenvalue weighted by molar-refractivity contribution is 0.0259. The number of ether oxygens (including phenoxy) is 2. The number of aryl methyl sites for hydroxylation is 1. The van der Waals surface area contributed by atoms with Crippen LogP contribution >= 0.6 is 0 Å². The van der Waals surface area contributed by atoms with Crippen LogP contribution in [0.2, 0.25) is 0 Å². The third-order valence-electron chi connectivity index (χ3n) is 8.15. The van der Waals surface area contributed by atoms with E-state index in [4.69, 9.17) is 14.7 Å². The molecule has 0 radical (unpaired) electrons. The van der Waals surface area contributed by atoms with Crippen molar-refractivity contribution in [3.63, 3.8) is 0 Å². The Hall–Kier alpha value is -3.79. The first-order chi connectivity index (χ1) is 19.2. The van der Waals surface area contributed by atoms with Crippen LogP contribution in [0.1, 0.15) is 47.2 Å². The number of hydrogen-bond acceptors (Lipinski definition) is 8. The Labute approximate surface area is 231 Å². The molecule has 6 rings (SSSR count). The number of pyridine rings is 2. The molecular weight excluding hydrogens is 534 g/mol. The number of rotatable bonds is 8. The number of morpholine rings is 1. The number of sulfonamides is 1. The first kappa shape index (κ1) is 26.4. The topological polar surface area (TPSA) is 144 Å². The fourth-order valence-electron chi connectivity index (χ4n) is 5.67. The molecule has 208 valence electrons. The van der Waals surface area contributed by atoms with Gasteiger partial charge >= 0.3 is 0 Å². The van der Waals surface area contributed by atoms with E-state index >= 15 is 0 Å². The zero-order valence-corrected chi connectivity index (χ0v) is 22.8.